The molecule has 2 rings (SSSR count). The first-order chi connectivity index (χ1) is 12.7. The Morgan fingerprint density at radius 2 is 1.96 bits per heavy atom. The van der Waals surface area contributed by atoms with Crippen molar-refractivity contribution in [2.45, 2.75) is 46.7 Å². The molecule has 2 aromatic rings. The Hall–Kier alpha value is -2.05. The van der Waals surface area contributed by atoms with Crippen LogP contribution in [0.15, 0.2) is 18.2 Å². The molecule has 0 aliphatic rings. The van der Waals surface area contributed by atoms with Gasteiger partial charge >= 0.3 is 6.18 Å². The summed E-state index contributed by atoms with van der Waals surface area (Å²) < 4.78 is 82.4. The van der Waals surface area contributed by atoms with Gasteiger partial charge in [0, 0.05) is 6.42 Å². The Balaban J connectivity index is 2.60. The van der Waals surface area contributed by atoms with Gasteiger partial charge in [0.2, 0.25) is 5.95 Å². The van der Waals surface area contributed by atoms with Gasteiger partial charge in [0.05, 0.1) is 27.9 Å². The summed E-state index contributed by atoms with van der Waals surface area (Å²) in [6, 6.07) is 3.97. The molecule has 0 atom stereocenters. The van der Waals surface area contributed by atoms with Gasteiger partial charge in [0.15, 0.2) is 0 Å². The van der Waals surface area contributed by atoms with E-state index in [2.05, 4.69) is 4.98 Å². The molecule has 1 aromatic carbocycles. The van der Waals surface area contributed by atoms with Gasteiger partial charge in [-0.15, -0.1) is 0 Å². The molecule has 0 amide bonds. The zero-order valence-corrected chi connectivity index (χ0v) is 14.5. The first-order valence-electron chi connectivity index (χ1n) is 9.29. The Labute approximate surface area is 148 Å². The van der Waals surface area contributed by atoms with E-state index in [1.807, 2.05) is 0 Å². The number of hydrogen-bond donors (Lipinski definition) is 0. The fraction of sp³-hybridized carbons (Fsp3) is 0.500. The highest BCUT2D eigenvalue weighted by Crippen LogP contribution is 2.41. The maximum Gasteiger partial charge on any atom is 0.394 e. The molecule has 0 unspecified atom stereocenters. The van der Waals surface area contributed by atoms with E-state index in [0.29, 0.717) is 12.2 Å². The molecule has 1 heterocycles. The number of nitrogens with zero attached hydrogens (tertiary/aromatic N) is 2. The molecule has 138 valence electrons. The van der Waals surface area contributed by atoms with Crippen molar-refractivity contribution in [1.82, 2.24) is 9.55 Å². The van der Waals surface area contributed by atoms with Crippen molar-refractivity contribution in [2.75, 3.05) is 7.04 Å². The summed E-state index contributed by atoms with van der Waals surface area (Å²) in [5.41, 5.74) is -1.61. The Morgan fingerprint density at radius 1 is 1.28 bits per heavy atom. The first kappa shape index (κ1) is 15.2. The molecule has 0 N–H and O–H groups in total. The van der Waals surface area contributed by atoms with E-state index in [1.54, 1.807) is 6.92 Å². The standard InChI is InChI=1S/C18H22F4N2O/c1-6-15-23-11(2)16(19)24(15)13-8-7-12(9-14(13)25-5)10-17(3,4)18(20,21)22/h7-9H,6,10H2,1-5H3/i5D3. The van der Waals surface area contributed by atoms with E-state index < -0.39 is 24.6 Å². The molecule has 7 heteroatoms. The van der Waals surface area contributed by atoms with Crippen molar-refractivity contribution in [2.24, 2.45) is 5.41 Å². The van der Waals surface area contributed by atoms with Crippen LogP contribution in [0.25, 0.3) is 5.69 Å². The SMILES string of the molecule is [2H]C([2H])([2H])Oc1cc(CC(C)(C)C(F)(F)F)ccc1-n1c(CC)nc(C)c1F. The van der Waals surface area contributed by atoms with E-state index in [1.165, 1.54) is 25.1 Å². The van der Waals surface area contributed by atoms with Crippen LogP contribution in [0.2, 0.25) is 0 Å². The highest BCUT2D eigenvalue weighted by Gasteiger charge is 2.47. The Morgan fingerprint density at radius 3 is 2.52 bits per heavy atom. The van der Waals surface area contributed by atoms with Crippen LogP contribution < -0.4 is 4.74 Å². The van der Waals surface area contributed by atoms with Crippen LogP contribution in [-0.4, -0.2) is 22.8 Å². The molecule has 0 fully saturated rings. The molecule has 25 heavy (non-hydrogen) atoms. The third-order valence-corrected chi connectivity index (χ3v) is 4.15. The largest absolute Gasteiger partial charge is 0.495 e. The van der Waals surface area contributed by atoms with Crippen LogP contribution in [0, 0.1) is 18.3 Å². The second-order valence-electron chi connectivity index (χ2n) is 6.56. The van der Waals surface area contributed by atoms with Gasteiger partial charge in [-0.1, -0.05) is 26.8 Å². The average molecular weight is 361 g/mol. The Kier molecular flexibility index (Phi) is 4.07. The zero-order valence-electron chi connectivity index (χ0n) is 17.5. The lowest BCUT2D eigenvalue weighted by Crippen LogP contribution is -2.34. The van der Waals surface area contributed by atoms with Gasteiger partial charge in [-0.2, -0.15) is 17.6 Å². The summed E-state index contributed by atoms with van der Waals surface area (Å²) in [5, 5.41) is 0. The van der Waals surface area contributed by atoms with Gasteiger partial charge in [0.1, 0.15) is 11.6 Å². The molecule has 1 aromatic heterocycles. The molecule has 0 spiro atoms. The number of halogens is 4. The number of imidazole rings is 1. The van der Waals surface area contributed by atoms with E-state index in [-0.39, 0.29) is 29.1 Å². The van der Waals surface area contributed by atoms with E-state index in [4.69, 9.17) is 8.85 Å². The minimum absolute atomic E-state index is 0.0691. The van der Waals surface area contributed by atoms with Crippen molar-refractivity contribution in [3.05, 3.63) is 41.2 Å². The lowest BCUT2D eigenvalue weighted by atomic mass is 9.85. The van der Waals surface area contributed by atoms with Gasteiger partial charge in [-0.05, 0) is 31.0 Å². The smallest absolute Gasteiger partial charge is 0.394 e. The molecule has 0 radical (unpaired) electrons. The number of aromatic nitrogens is 2. The Bertz CT molecular complexity index is 858. The maximum absolute atomic E-state index is 14.6. The number of hydrogen-bond acceptors (Lipinski definition) is 2. The maximum atomic E-state index is 14.6. The summed E-state index contributed by atoms with van der Waals surface area (Å²) in [4.78, 5) is 4.10. The second-order valence-corrected chi connectivity index (χ2v) is 6.56. The van der Waals surface area contributed by atoms with Gasteiger partial charge in [0.25, 0.3) is 0 Å². The second kappa shape index (κ2) is 6.69. The minimum Gasteiger partial charge on any atom is -0.495 e. The van der Waals surface area contributed by atoms with Crippen LogP contribution in [-0.2, 0) is 12.8 Å². The van der Waals surface area contributed by atoms with Gasteiger partial charge in [-0.25, -0.2) is 4.98 Å². The first-order valence-corrected chi connectivity index (χ1v) is 7.79. The summed E-state index contributed by atoms with van der Waals surface area (Å²) >= 11 is 0. The molecule has 0 bridgehead atoms. The number of rotatable bonds is 5. The van der Waals surface area contributed by atoms with Crippen molar-refractivity contribution < 1.29 is 26.4 Å². The van der Waals surface area contributed by atoms with Crippen molar-refractivity contribution in [3.63, 3.8) is 0 Å². The summed E-state index contributed by atoms with van der Waals surface area (Å²) in [5.74, 6) is -0.578. The highest BCUT2D eigenvalue weighted by atomic mass is 19.4. The number of ether oxygens (including phenoxy) is 1. The zero-order chi connectivity index (χ0) is 21.5. The van der Waals surface area contributed by atoms with Crippen LogP contribution in [0.4, 0.5) is 17.6 Å². The van der Waals surface area contributed by atoms with Crippen LogP contribution in [0.5, 0.6) is 5.75 Å². The molecule has 0 saturated heterocycles. The molecule has 0 aliphatic carbocycles. The molecule has 0 aliphatic heterocycles. The molecule has 3 nitrogen and oxygen atoms in total. The van der Waals surface area contributed by atoms with Crippen LogP contribution in [0.1, 0.15) is 42.0 Å². The number of alkyl halides is 3. The summed E-state index contributed by atoms with van der Waals surface area (Å²) in [6.07, 6.45) is -4.47. The molecular formula is C18H22F4N2O. The predicted octanol–water partition coefficient (Wildman–Crippen LogP) is 5.02. The number of benzene rings is 1. The quantitative estimate of drug-likeness (QED) is 0.699. The molecular weight excluding hydrogens is 336 g/mol. The highest BCUT2D eigenvalue weighted by molar-refractivity contribution is 5.50. The summed E-state index contributed by atoms with van der Waals surface area (Å²) in [7, 11) is -2.86. The average Bonchev–Trinajstić information content (AvgIpc) is 2.80. The number of aryl methyl sites for hydroxylation is 2. The van der Waals surface area contributed by atoms with Crippen molar-refractivity contribution in [1.29, 1.82) is 0 Å². The normalized spacial score (nSPS) is 14.8. The number of methoxy groups -OCH3 is 1. The van der Waals surface area contributed by atoms with Crippen LogP contribution >= 0.6 is 0 Å². The third-order valence-electron chi connectivity index (χ3n) is 4.15. The van der Waals surface area contributed by atoms with Gasteiger partial charge in [-0.3, -0.25) is 4.57 Å². The van der Waals surface area contributed by atoms with Crippen LogP contribution in [0.3, 0.4) is 0 Å². The fourth-order valence-electron chi connectivity index (χ4n) is 2.59. The van der Waals surface area contributed by atoms with Crippen molar-refractivity contribution in [3.8, 4) is 11.4 Å². The fourth-order valence-corrected chi connectivity index (χ4v) is 2.59. The topological polar surface area (TPSA) is 27.1 Å². The third kappa shape index (κ3) is 3.65. The van der Waals surface area contributed by atoms with E-state index >= 15 is 0 Å². The van der Waals surface area contributed by atoms with E-state index in [0.717, 1.165) is 18.4 Å². The lowest BCUT2D eigenvalue weighted by Gasteiger charge is -2.28. The predicted molar refractivity (Wildman–Crippen MR) is 87.7 cm³/mol. The minimum atomic E-state index is -4.44. The lowest BCUT2D eigenvalue weighted by molar-refractivity contribution is -0.211. The van der Waals surface area contributed by atoms with E-state index in [9.17, 15) is 17.6 Å². The summed E-state index contributed by atoms with van der Waals surface area (Å²) in [6.45, 7) is 5.33. The van der Waals surface area contributed by atoms with Crippen molar-refractivity contribution >= 4 is 0 Å². The molecule has 0 saturated carbocycles. The van der Waals surface area contributed by atoms with Gasteiger partial charge < -0.3 is 4.74 Å². The monoisotopic (exact) mass is 361 g/mol.